The van der Waals surface area contributed by atoms with Crippen molar-refractivity contribution in [3.8, 4) is 0 Å². The van der Waals surface area contributed by atoms with Crippen LogP contribution >= 0.6 is 0 Å². The minimum absolute atomic E-state index is 0.131. The summed E-state index contributed by atoms with van der Waals surface area (Å²) in [6, 6.07) is 5.04. The van der Waals surface area contributed by atoms with Crippen molar-refractivity contribution in [1.29, 1.82) is 0 Å². The molecule has 0 aliphatic carbocycles. The summed E-state index contributed by atoms with van der Waals surface area (Å²) in [5, 5.41) is 3.22. The molecule has 0 radical (unpaired) electrons. The van der Waals surface area contributed by atoms with Crippen LogP contribution in [0.2, 0.25) is 0 Å². The summed E-state index contributed by atoms with van der Waals surface area (Å²) in [6.45, 7) is 12.4. The molecule has 0 spiro atoms. The third-order valence-corrected chi connectivity index (χ3v) is 6.36. The van der Waals surface area contributed by atoms with E-state index in [0.717, 1.165) is 23.8 Å². The molecule has 2 aliphatic heterocycles. The fourth-order valence-corrected chi connectivity index (χ4v) is 4.71. The van der Waals surface area contributed by atoms with Crippen LogP contribution < -0.4 is 10.2 Å². The minimum atomic E-state index is -0.683. The molecule has 10 nitrogen and oxygen atoms in total. The molecule has 37 heavy (non-hydrogen) atoms. The third kappa shape index (κ3) is 6.06. The van der Waals surface area contributed by atoms with Gasteiger partial charge in [-0.25, -0.2) is 14.4 Å². The van der Waals surface area contributed by atoms with Crippen LogP contribution in [0.1, 0.15) is 72.3 Å². The van der Waals surface area contributed by atoms with Gasteiger partial charge in [-0.15, -0.1) is 0 Å². The molecule has 4 rings (SSSR count). The Labute approximate surface area is 216 Å². The predicted molar refractivity (Wildman–Crippen MR) is 139 cm³/mol. The van der Waals surface area contributed by atoms with Gasteiger partial charge in [-0.05, 0) is 78.0 Å². The summed E-state index contributed by atoms with van der Waals surface area (Å²) < 4.78 is 12.7. The molecule has 200 valence electrons. The monoisotopic (exact) mass is 512 g/mol. The number of nitrogens with one attached hydrogen (secondary N) is 1. The summed E-state index contributed by atoms with van der Waals surface area (Å²) in [6.07, 6.45) is 2.65. The number of nitrogens with zero attached hydrogens (tertiary/aromatic N) is 3. The van der Waals surface area contributed by atoms with E-state index in [9.17, 15) is 19.2 Å². The molecular weight excluding hydrogens is 476 g/mol. The topological polar surface area (TPSA) is 110 Å². The summed E-state index contributed by atoms with van der Waals surface area (Å²) in [5.74, 6) is -0.175. The number of ether oxygens (including phenoxy) is 2. The highest BCUT2D eigenvalue weighted by Crippen LogP contribution is 2.37. The largest absolute Gasteiger partial charge is 0.444 e. The van der Waals surface area contributed by atoms with Gasteiger partial charge in [0.15, 0.2) is 0 Å². The molecule has 2 saturated heterocycles. The number of hydrogen-bond donors (Lipinski definition) is 1. The molecule has 2 aromatic rings. The maximum atomic E-state index is 13.2. The van der Waals surface area contributed by atoms with Gasteiger partial charge in [0.1, 0.15) is 11.2 Å². The highest BCUT2D eigenvalue weighted by atomic mass is 16.6. The van der Waals surface area contributed by atoms with Crippen molar-refractivity contribution in [3.05, 3.63) is 30.0 Å². The van der Waals surface area contributed by atoms with Gasteiger partial charge in [0.25, 0.3) is 0 Å². The van der Waals surface area contributed by atoms with E-state index in [1.54, 1.807) is 11.0 Å². The van der Waals surface area contributed by atoms with Gasteiger partial charge >= 0.3 is 18.2 Å². The number of hydrogen-bond acceptors (Lipinski definition) is 6. The Morgan fingerprint density at radius 2 is 1.54 bits per heavy atom. The molecule has 0 atom stereocenters. The molecule has 4 amide bonds. The van der Waals surface area contributed by atoms with Gasteiger partial charge in [0.05, 0.1) is 5.52 Å². The van der Waals surface area contributed by atoms with Crippen LogP contribution in [0.5, 0.6) is 0 Å². The van der Waals surface area contributed by atoms with E-state index in [1.165, 1.54) is 9.47 Å². The number of anilines is 1. The maximum absolute atomic E-state index is 13.2. The number of amides is 4. The molecule has 0 saturated carbocycles. The van der Waals surface area contributed by atoms with E-state index in [2.05, 4.69) is 5.32 Å². The SMILES string of the molecule is CC(C)(C)OC(=O)N1CCC(c2cn(C(=O)OC(C)(C)C)c3cc(N4CCC(=O)NC4=O)ccc23)CC1. The molecule has 1 N–H and O–H groups in total. The minimum Gasteiger partial charge on any atom is -0.444 e. The summed E-state index contributed by atoms with van der Waals surface area (Å²) in [4.78, 5) is 52.9. The van der Waals surface area contributed by atoms with Gasteiger partial charge < -0.3 is 14.4 Å². The molecule has 1 aromatic heterocycles. The van der Waals surface area contributed by atoms with Gasteiger partial charge in [-0.1, -0.05) is 6.07 Å². The molecule has 0 bridgehead atoms. The number of carbonyl (C=O) groups is 4. The number of imide groups is 1. The zero-order chi connectivity index (χ0) is 27.1. The maximum Gasteiger partial charge on any atom is 0.419 e. The first kappa shape index (κ1) is 26.5. The van der Waals surface area contributed by atoms with Crippen LogP contribution in [0.4, 0.5) is 20.1 Å². The number of rotatable bonds is 2. The van der Waals surface area contributed by atoms with Crippen LogP contribution in [0.3, 0.4) is 0 Å². The Morgan fingerprint density at radius 1 is 0.919 bits per heavy atom. The average molecular weight is 513 g/mol. The van der Waals surface area contributed by atoms with Gasteiger partial charge in [0, 0.05) is 43.3 Å². The Bertz CT molecular complexity index is 1230. The smallest absolute Gasteiger partial charge is 0.419 e. The van der Waals surface area contributed by atoms with Crippen LogP contribution in [-0.4, -0.2) is 64.4 Å². The zero-order valence-electron chi connectivity index (χ0n) is 22.4. The zero-order valence-corrected chi connectivity index (χ0v) is 22.4. The quantitative estimate of drug-likeness (QED) is 0.607. The van der Waals surface area contributed by atoms with Crippen molar-refractivity contribution in [1.82, 2.24) is 14.8 Å². The summed E-state index contributed by atoms with van der Waals surface area (Å²) >= 11 is 0. The highest BCUT2D eigenvalue weighted by Gasteiger charge is 2.31. The average Bonchev–Trinajstić information content (AvgIpc) is 3.16. The highest BCUT2D eigenvalue weighted by molar-refractivity contribution is 6.06. The molecular formula is C27H36N4O6. The van der Waals surface area contributed by atoms with Crippen LogP contribution in [0.25, 0.3) is 10.9 Å². The second-order valence-corrected chi connectivity index (χ2v) is 11.6. The first-order chi connectivity index (χ1) is 17.2. The Kier molecular flexibility index (Phi) is 6.96. The van der Waals surface area contributed by atoms with E-state index in [4.69, 9.17) is 9.47 Å². The van der Waals surface area contributed by atoms with Crippen LogP contribution in [0.15, 0.2) is 24.4 Å². The lowest BCUT2D eigenvalue weighted by Gasteiger charge is -2.33. The van der Waals surface area contributed by atoms with E-state index in [-0.39, 0.29) is 30.9 Å². The van der Waals surface area contributed by atoms with Crippen molar-refractivity contribution in [2.75, 3.05) is 24.5 Å². The fourth-order valence-electron chi connectivity index (χ4n) is 4.71. The van der Waals surface area contributed by atoms with Gasteiger partial charge in [-0.3, -0.25) is 19.6 Å². The van der Waals surface area contributed by atoms with Crippen molar-refractivity contribution in [2.24, 2.45) is 0 Å². The Balaban J connectivity index is 1.64. The summed E-state index contributed by atoms with van der Waals surface area (Å²) in [7, 11) is 0. The lowest BCUT2D eigenvalue weighted by molar-refractivity contribution is -0.120. The number of carbonyl (C=O) groups excluding carboxylic acids is 4. The second kappa shape index (κ2) is 9.72. The lowest BCUT2D eigenvalue weighted by Crippen LogP contribution is -2.49. The van der Waals surface area contributed by atoms with Gasteiger partial charge in [-0.2, -0.15) is 0 Å². The lowest BCUT2D eigenvalue weighted by atomic mass is 9.89. The van der Waals surface area contributed by atoms with E-state index in [0.29, 0.717) is 24.3 Å². The number of likely N-dealkylation sites (tertiary alicyclic amines) is 1. The molecule has 1 aromatic carbocycles. The van der Waals surface area contributed by atoms with Crippen LogP contribution in [0, 0.1) is 0 Å². The van der Waals surface area contributed by atoms with Crippen molar-refractivity contribution >= 4 is 40.7 Å². The normalized spacial score (nSPS) is 17.7. The third-order valence-electron chi connectivity index (χ3n) is 6.36. The predicted octanol–water partition coefficient (Wildman–Crippen LogP) is 4.99. The van der Waals surface area contributed by atoms with Crippen LogP contribution in [-0.2, 0) is 14.3 Å². The number of piperidine rings is 1. The van der Waals surface area contributed by atoms with Gasteiger partial charge in [0.2, 0.25) is 5.91 Å². The fraction of sp³-hybridized carbons (Fsp3) is 0.556. The van der Waals surface area contributed by atoms with E-state index >= 15 is 0 Å². The van der Waals surface area contributed by atoms with Crippen molar-refractivity contribution < 1.29 is 28.7 Å². The standard InChI is InChI=1S/C27H36N4O6/c1-26(2,3)36-24(34)29-12-9-17(10-13-29)20-16-31(25(35)37-27(4,5)6)21-15-18(7-8-19(20)21)30-14-11-22(32)28-23(30)33/h7-8,15-17H,9-14H2,1-6H3,(H,28,32,33). The number of urea groups is 1. The molecule has 2 aliphatic rings. The van der Waals surface area contributed by atoms with E-state index < -0.39 is 23.3 Å². The second-order valence-electron chi connectivity index (χ2n) is 11.6. The number of aromatic nitrogens is 1. The van der Waals surface area contributed by atoms with E-state index in [1.807, 2.05) is 59.9 Å². The molecule has 2 fully saturated rings. The summed E-state index contributed by atoms with van der Waals surface area (Å²) in [5.41, 5.74) is 0.977. The first-order valence-corrected chi connectivity index (χ1v) is 12.7. The molecule has 10 heteroatoms. The van der Waals surface area contributed by atoms with Crippen molar-refractivity contribution in [2.45, 2.75) is 77.9 Å². The Hall–Kier alpha value is -3.56. The first-order valence-electron chi connectivity index (χ1n) is 12.7. The number of benzene rings is 1. The number of fused-ring (bicyclic) bond motifs is 1. The Morgan fingerprint density at radius 3 is 2.14 bits per heavy atom. The van der Waals surface area contributed by atoms with Crippen molar-refractivity contribution in [3.63, 3.8) is 0 Å². The molecule has 3 heterocycles. The molecule has 0 unspecified atom stereocenters.